The van der Waals surface area contributed by atoms with E-state index in [-0.39, 0.29) is 0 Å². The minimum Gasteiger partial charge on any atom is -0.309 e. The van der Waals surface area contributed by atoms with E-state index in [0.29, 0.717) is 0 Å². The van der Waals surface area contributed by atoms with Gasteiger partial charge in [-0.15, -0.1) is 22.7 Å². The molecular weight excluding hydrogens is 631 g/mol. The molecule has 3 heterocycles. The van der Waals surface area contributed by atoms with Gasteiger partial charge in [0, 0.05) is 56.8 Å². The number of hydrogen-bond donors (Lipinski definition) is 0. The second kappa shape index (κ2) is 9.45. The number of benzene rings is 8. The molecule has 0 radical (unpaired) electrons. The van der Waals surface area contributed by atoms with Crippen molar-refractivity contribution in [3.8, 4) is 39.1 Å². The smallest absolute Gasteiger partial charge is 0.0555 e. The molecule has 0 N–H and O–H groups in total. The molecule has 1 nitrogen and oxygen atoms in total. The summed E-state index contributed by atoms with van der Waals surface area (Å²) in [6.45, 7) is 0. The number of fused-ring (bicyclic) bond motifs is 13. The molecule has 49 heavy (non-hydrogen) atoms. The number of nitrogens with zero attached hydrogens (tertiary/aromatic N) is 1. The average Bonchev–Trinajstić information content (AvgIpc) is 3.90. The third-order valence-electron chi connectivity index (χ3n) is 10.8. The number of thiophene rings is 2. The average molecular weight is 656 g/mol. The van der Waals surface area contributed by atoms with Crippen LogP contribution >= 0.6 is 22.7 Å². The molecule has 8 aromatic carbocycles. The van der Waals surface area contributed by atoms with Gasteiger partial charge in [-0.3, -0.25) is 0 Å². The summed E-state index contributed by atoms with van der Waals surface area (Å²) in [5, 5.41) is 10.7. The fraction of sp³-hybridized carbons (Fsp3) is 0. The summed E-state index contributed by atoms with van der Waals surface area (Å²) in [5.41, 5.74) is 11.6. The maximum Gasteiger partial charge on any atom is 0.0555 e. The van der Waals surface area contributed by atoms with Crippen molar-refractivity contribution in [3.05, 3.63) is 152 Å². The second-order valence-electron chi connectivity index (χ2n) is 13.2. The van der Waals surface area contributed by atoms with E-state index in [2.05, 4.69) is 156 Å². The molecule has 0 fully saturated rings. The van der Waals surface area contributed by atoms with E-state index in [1.165, 1.54) is 112 Å². The highest BCUT2D eigenvalue weighted by Crippen LogP contribution is 2.50. The number of aromatic nitrogens is 1. The second-order valence-corrected chi connectivity index (χ2v) is 15.4. The van der Waals surface area contributed by atoms with Crippen LogP contribution in [-0.2, 0) is 0 Å². The first kappa shape index (κ1) is 26.2. The van der Waals surface area contributed by atoms with Crippen molar-refractivity contribution >= 4 is 95.6 Å². The van der Waals surface area contributed by atoms with Crippen molar-refractivity contribution in [2.75, 3.05) is 0 Å². The van der Waals surface area contributed by atoms with Crippen molar-refractivity contribution in [1.82, 2.24) is 4.57 Å². The Hall–Kier alpha value is -5.74. The van der Waals surface area contributed by atoms with Crippen molar-refractivity contribution < 1.29 is 0 Å². The maximum absolute atomic E-state index is 2.47. The topological polar surface area (TPSA) is 4.93 Å². The largest absolute Gasteiger partial charge is 0.309 e. The summed E-state index contributed by atoms with van der Waals surface area (Å²) in [7, 11) is 0. The Morgan fingerprint density at radius 1 is 0.347 bits per heavy atom. The van der Waals surface area contributed by atoms with Gasteiger partial charge in [0.25, 0.3) is 0 Å². The molecule has 0 spiro atoms. The quantitative estimate of drug-likeness (QED) is 0.175. The molecule has 1 aliphatic carbocycles. The van der Waals surface area contributed by atoms with Crippen molar-refractivity contribution in [2.24, 2.45) is 0 Å². The van der Waals surface area contributed by atoms with Crippen LogP contribution in [0.2, 0.25) is 0 Å². The van der Waals surface area contributed by atoms with Crippen LogP contribution in [0.5, 0.6) is 0 Å². The zero-order valence-corrected chi connectivity index (χ0v) is 27.8. The fourth-order valence-electron chi connectivity index (χ4n) is 8.65. The van der Waals surface area contributed by atoms with Crippen LogP contribution in [-0.4, -0.2) is 4.57 Å². The van der Waals surface area contributed by atoms with Gasteiger partial charge in [-0.2, -0.15) is 0 Å². The van der Waals surface area contributed by atoms with Gasteiger partial charge in [-0.1, -0.05) is 103 Å². The van der Waals surface area contributed by atoms with Crippen LogP contribution in [0.4, 0.5) is 0 Å². The Balaban J connectivity index is 1.08. The molecule has 0 amide bonds. The summed E-state index contributed by atoms with van der Waals surface area (Å²) in [5.74, 6) is 0. The van der Waals surface area contributed by atoms with Gasteiger partial charge >= 0.3 is 0 Å². The van der Waals surface area contributed by atoms with Crippen LogP contribution in [0.15, 0.2) is 152 Å². The van der Waals surface area contributed by atoms with Crippen LogP contribution in [0, 0.1) is 0 Å². The molecule has 1 aliphatic rings. The van der Waals surface area contributed by atoms with Gasteiger partial charge in [0.15, 0.2) is 0 Å². The summed E-state index contributed by atoms with van der Waals surface area (Å²) < 4.78 is 7.83. The first-order chi connectivity index (χ1) is 24.3. The lowest BCUT2D eigenvalue weighted by molar-refractivity contribution is 1.19. The highest BCUT2D eigenvalue weighted by atomic mass is 32.1. The molecule has 0 bridgehead atoms. The van der Waals surface area contributed by atoms with Crippen LogP contribution < -0.4 is 0 Å². The Bertz CT molecular complexity index is 3190. The highest BCUT2D eigenvalue weighted by molar-refractivity contribution is 7.27. The van der Waals surface area contributed by atoms with Crippen molar-refractivity contribution in [1.29, 1.82) is 0 Å². The minimum absolute atomic E-state index is 1.20. The third kappa shape index (κ3) is 3.43. The molecular formula is C46H25NS2. The molecule has 0 atom stereocenters. The summed E-state index contributed by atoms with van der Waals surface area (Å²) >= 11 is 3.80. The lowest BCUT2D eigenvalue weighted by Gasteiger charge is -2.10. The summed E-state index contributed by atoms with van der Waals surface area (Å²) in [4.78, 5) is 0. The van der Waals surface area contributed by atoms with Crippen LogP contribution in [0.25, 0.3) is 112 Å². The van der Waals surface area contributed by atoms with Crippen LogP contribution in [0.3, 0.4) is 0 Å². The Morgan fingerprint density at radius 3 is 1.92 bits per heavy atom. The van der Waals surface area contributed by atoms with Gasteiger partial charge in [0.2, 0.25) is 0 Å². The van der Waals surface area contributed by atoms with Crippen LogP contribution in [0.1, 0.15) is 0 Å². The van der Waals surface area contributed by atoms with E-state index in [9.17, 15) is 0 Å². The molecule has 0 saturated heterocycles. The normalized spacial score (nSPS) is 12.5. The number of para-hydroxylation sites is 1. The molecule has 3 heteroatoms. The summed E-state index contributed by atoms with van der Waals surface area (Å²) in [6.07, 6.45) is 0. The Morgan fingerprint density at radius 2 is 1.02 bits per heavy atom. The van der Waals surface area contributed by atoms with Gasteiger partial charge < -0.3 is 4.57 Å². The number of rotatable bonds is 2. The van der Waals surface area contributed by atoms with E-state index >= 15 is 0 Å². The zero-order valence-electron chi connectivity index (χ0n) is 26.2. The predicted octanol–water partition coefficient (Wildman–Crippen LogP) is 14.0. The van der Waals surface area contributed by atoms with E-state index in [0.717, 1.165) is 0 Å². The van der Waals surface area contributed by atoms with Gasteiger partial charge in [-0.05, 0) is 92.7 Å². The van der Waals surface area contributed by atoms with Gasteiger partial charge in [0.05, 0.1) is 11.0 Å². The van der Waals surface area contributed by atoms with Gasteiger partial charge in [0.1, 0.15) is 0 Å². The molecule has 0 saturated carbocycles. The molecule has 12 rings (SSSR count). The van der Waals surface area contributed by atoms with E-state index in [4.69, 9.17) is 0 Å². The fourth-order valence-corrected chi connectivity index (χ4v) is 11.0. The van der Waals surface area contributed by atoms with Gasteiger partial charge in [-0.25, -0.2) is 0 Å². The maximum atomic E-state index is 2.47. The van der Waals surface area contributed by atoms with Crippen molar-refractivity contribution in [2.45, 2.75) is 0 Å². The Kier molecular flexibility index (Phi) is 5.06. The lowest BCUT2D eigenvalue weighted by Crippen LogP contribution is -1.93. The monoisotopic (exact) mass is 655 g/mol. The first-order valence-electron chi connectivity index (χ1n) is 16.8. The zero-order chi connectivity index (χ0) is 31.8. The molecule has 11 aromatic rings. The van der Waals surface area contributed by atoms with Crippen molar-refractivity contribution in [3.63, 3.8) is 0 Å². The third-order valence-corrected chi connectivity index (χ3v) is 13.1. The molecule has 226 valence electrons. The highest BCUT2D eigenvalue weighted by Gasteiger charge is 2.23. The molecule has 3 aromatic heterocycles. The molecule has 0 unspecified atom stereocenters. The predicted molar refractivity (Wildman–Crippen MR) is 214 cm³/mol. The minimum atomic E-state index is 1.20. The number of hydrogen-bond acceptors (Lipinski definition) is 2. The lowest BCUT2D eigenvalue weighted by atomic mass is 9.93. The van der Waals surface area contributed by atoms with E-state index in [1.807, 2.05) is 22.7 Å². The molecule has 0 aliphatic heterocycles. The Labute approximate surface area is 289 Å². The SMILES string of the molecule is c1ccc2c(c1)-c1cccc3c(-c4ccc5sc6ccc(-n7c8ccccc8c8c9sc%10ccccc%10c9ccc87)cc6c5c4)ccc-2c13. The summed E-state index contributed by atoms with van der Waals surface area (Å²) in [6, 6.07) is 56.8. The standard InChI is InChI=1S/C46H25NS2/c1-2-9-30-29(8-1)33-13-7-12-32-28(18-19-34(30)44(32)33)26-16-22-42-37(24-26)38-25-27(17-23-43(38)48-42)47-39-14-5-3-11-36(39)45-40(47)21-20-35-31-10-4-6-15-41(31)49-46(35)45/h1-25H. The first-order valence-corrected chi connectivity index (χ1v) is 18.4. The van der Waals surface area contributed by atoms with E-state index < -0.39 is 0 Å². The van der Waals surface area contributed by atoms with E-state index in [1.54, 1.807) is 0 Å².